The van der Waals surface area contributed by atoms with Gasteiger partial charge in [0.1, 0.15) is 5.75 Å². The van der Waals surface area contributed by atoms with E-state index in [-0.39, 0.29) is 6.61 Å². The SMILES string of the molecule is O=C(O)COc1ccccc1CNCc1cccnc1. The number of para-hydroxylation sites is 1. The molecule has 104 valence electrons. The van der Waals surface area contributed by atoms with Crippen LogP contribution in [0.4, 0.5) is 0 Å². The number of ether oxygens (including phenoxy) is 1. The number of benzene rings is 1. The van der Waals surface area contributed by atoms with Gasteiger partial charge < -0.3 is 15.2 Å². The van der Waals surface area contributed by atoms with Gasteiger partial charge in [0.25, 0.3) is 0 Å². The van der Waals surface area contributed by atoms with Crippen molar-refractivity contribution in [3.63, 3.8) is 0 Å². The van der Waals surface area contributed by atoms with Crippen LogP contribution < -0.4 is 10.1 Å². The minimum absolute atomic E-state index is 0.334. The first-order chi connectivity index (χ1) is 9.75. The van der Waals surface area contributed by atoms with Gasteiger partial charge in [0.15, 0.2) is 6.61 Å². The van der Waals surface area contributed by atoms with Gasteiger partial charge in [-0.2, -0.15) is 0 Å². The zero-order valence-electron chi connectivity index (χ0n) is 11.0. The van der Waals surface area contributed by atoms with E-state index in [9.17, 15) is 4.79 Å². The van der Waals surface area contributed by atoms with E-state index in [1.807, 2.05) is 30.3 Å². The van der Waals surface area contributed by atoms with Crippen molar-refractivity contribution < 1.29 is 14.6 Å². The normalized spacial score (nSPS) is 10.2. The summed E-state index contributed by atoms with van der Waals surface area (Å²) in [5.41, 5.74) is 2.02. The molecule has 0 unspecified atom stereocenters. The fraction of sp³-hybridized carbons (Fsp3) is 0.200. The lowest BCUT2D eigenvalue weighted by molar-refractivity contribution is -0.139. The Morgan fingerprint density at radius 2 is 2.05 bits per heavy atom. The highest BCUT2D eigenvalue weighted by atomic mass is 16.5. The van der Waals surface area contributed by atoms with Crippen LogP contribution in [0.15, 0.2) is 48.8 Å². The van der Waals surface area contributed by atoms with Gasteiger partial charge in [0.2, 0.25) is 0 Å². The van der Waals surface area contributed by atoms with Gasteiger partial charge in [0.05, 0.1) is 0 Å². The first-order valence-electron chi connectivity index (χ1n) is 6.28. The number of hydrogen-bond acceptors (Lipinski definition) is 4. The van der Waals surface area contributed by atoms with Crippen LogP contribution in [0.5, 0.6) is 5.75 Å². The molecule has 1 aromatic heterocycles. The summed E-state index contributed by atoms with van der Waals surface area (Å²) in [6.45, 7) is 0.964. The molecule has 0 radical (unpaired) electrons. The van der Waals surface area contributed by atoms with Crippen LogP contribution in [0.3, 0.4) is 0 Å². The predicted octanol–water partition coefficient (Wildman–Crippen LogP) is 1.83. The zero-order valence-corrected chi connectivity index (χ0v) is 11.0. The van der Waals surface area contributed by atoms with Gasteiger partial charge in [-0.05, 0) is 17.7 Å². The Labute approximate surface area is 117 Å². The highest BCUT2D eigenvalue weighted by Gasteiger charge is 2.05. The molecule has 0 aliphatic heterocycles. The molecule has 5 heteroatoms. The molecule has 1 heterocycles. The van der Waals surface area contributed by atoms with Crippen molar-refractivity contribution in [2.75, 3.05) is 6.61 Å². The number of aliphatic carboxylic acids is 1. The molecule has 0 aliphatic carbocycles. The first kappa shape index (κ1) is 14.0. The fourth-order valence-electron chi connectivity index (χ4n) is 1.77. The van der Waals surface area contributed by atoms with E-state index in [0.29, 0.717) is 18.8 Å². The zero-order chi connectivity index (χ0) is 14.2. The fourth-order valence-corrected chi connectivity index (χ4v) is 1.77. The largest absolute Gasteiger partial charge is 0.482 e. The number of carboxylic acids is 1. The Kier molecular flexibility index (Phi) is 5.08. The molecular weight excluding hydrogens is 256 g/mol. The molecule has 5 nitrogen and oxygen atoms in total. The molecular formula is C15H16N2O3. The van der Waals surface area contributed by atoms with Crippen molar-refractivity contribution in [3.8, 4) is 5.75 Å². The second-order valence-corrected chi connectivity index (χ2v) is 4.25. The maximum absolute atomic E-state index is 10.5. The predicted molar refractivity (Wildman–Crippen MR) is 74.4 cm³/mol. The summed E-state index contributed by atoms with van der Waals surface area (Å²) in [5, 5.41) is 11.9. The molecule has 0 saturated carbocycles. The van der Waals surface area contributed by atoms with E-state index in [0.717, 1.165) is 11.1 Å². The Morgan fingerprint density at radius 3 is 2.80 bits per heavy atom. The molecule has 0 spiro atoms. The van der Waals surface area contributed by atoms with Gasteiger partial charge in [-0.25, -0.2) is 4.79 Å². The Bertz CT molecular complexity index is 558. The van der Waals surface area contributed by atoms with Crippen molar-refractivity contribution in [1.82, 2.24) is 10.3 Å². The van der Waals surface area contributed by atoms with Crippen molar-refractivity contribution in [2.24, 2.45) is 0 Å². The molecule has 1 aromatic carbocycles. The van der Waals surface area contributed by atoms with E-state index in [2.05, 4.69) is 10.3 Å². The van der Waals surface area contributed by atoms with E-state index in [1.54, 1.807) is 18.5 Å². The highest BCUT2D eigenvalue weighted by Crippen LogP contribution is 2.17. The van der Waals surface area contributed by atoms with Gasteiger partial charge in [-0.3, -0.25) is 4.98 Å². The molecule has 0 atom stereocenters. The van der Waals surface area contributed by atoms with Crippen LogP contribution in [0.2, 0.25) is 0 Å². The van der Waals surface area contributed by atoms with Crippen LogP contribution >= 0.6 is 0 Å². The standard InChI is InChI=1S/C15H16N2O3/c18-15(19)11-20-14-6-2-1-5-13(14)10-17-9-12-4-3-7-16-8-12/h1-8,17H,9-11H2,(H,18,19). The van der Waals surface area contributed by atoms with E-state index < -0.39 is 5.97 Å². The lowest BCUT2D eigenvalue weighted by Gasteiger charge is -2.10. The summed E-state index contributed by atoms with van der Waals surface area (Å²) in [6, 6.07) is 11.3. The molecule has 2 N–H and O–H groups in total. The smallest absolute Gasteiger partial charge is 0.341 e. The molecule has 0 amide bonds. The van der Waals surface area contributed by atoms with Crippen molar-refractivity contribution >= 4 is 5.97 Å². The maximum Gasteiger partial charge on any atom is 0.341 e. The summed E-state index contributed by atoms with van der Waals surface area (Å²) in [6.07, 6.45) is 3.54. The maximum atomic E-state index is 10.5. The third-order valence-electron chi connectivity index (χ3n) is 2.69. The molecule has 0 bridgehead atoms. The molecule has 0 saturated heterocycles. The molecule has 0 fully saturated rings. The highest BCUT2D eigenvalue weighted by molar-refractivity contribution is 5.68. The van der Waals surface area contributed by atoms with Gasteiger partial charge in [0, 0.05) is 31.0 Å². The third kappa shape index (κ3) is 4.37. The minimum atomic E-state index is -0.983. The van der Waals surface area contributed by atoms with Crippen molar-refractivity contribution in [3.05, 3.63) is 59.9 Å². The number of aromatic nitrogens is 1. The number of nitrogens with zero attached hydrogens (tertiary/aromatic N) is 1. The van der Waals surface area contributed by atoms with Crippen molar-refractivity contribution in [1.29, 1.82) is 0 Å². The van der Waals surface area contributed by atoms with E-state index in [1.165, 1.54) is 0 Å². The van der Waals surface area contributed by atoms with E-state index in [4.69, 9.17) is 9.84 Å². The van der Waals surface area contributed by atoms with Crippen LogP contribution in [0.1, 0.15) is 11.1 Å². The average molecular weight is 272 g/mol. The molecule has 20 heavy (non-hydrogen) atoms. The molecule has 2 rings (SSSR count). The minimum Gasteiger partial charge on any atom is -0.482 e. The lowest BCUT2D eigenvalue weighted by Crippen LogP contribution is -2.15. The Morgan fingerprint density at radius 1 is 1.20 bits per heavy atom. The quantitative estimate of drug-likeness (QED) is 0.804. The van der Waals surface area contributed by atoms with Gasteiger partial charge in [-0.1, -0.05) is 24.3 Å². The Hall–Kier alpha value is -2.40. The number of pyridine rings is 1. The van der Waals surface area contributed by atoms with Gasteiger partial charge >= 0.3 is 5.97 Å². The number of rotatable bonds is 7. The Balaban J connectivity index is 1.90. The molecule has 0 aliphatic rings. The van der Waals surface area contributed by atoms with Crippen LogP contribution in [-0.4, -0.2) is 22.7 Å². The van der Waals surface area contributed by atoms with Crippen LogP contribution in [0.25, 0.3) is 0 Å². The molecule has 2 aromatic rings. The monoisotopic (exact) mass is 272 g/mol. The number of hydrogen-bond donors (Lipinski definition) is 2. The van der Waals surface area contributed by atoms with E-state index >= 15 is 0 Å². The van der Waals surface area contributed by atoms with Crippen LogP contribution in [-0.2, 0) is 17.9 Å². The van der Waals surface area contributed by atoms with Crippen molar-refractivity contribution in [2.45, 2.75) is 13.1 Å². The summed E-state index contributed by atoms with van der Waals surface area (Å²) < 4.78 is 5.25. The topological polar surface area (TPSA) is 71.5 Å². The third-order valence-corrected chi connectivity index (χ3v) is 2.69. The second kappa shape index (κ2) is 7.25. The average Bonchev–Trinajstić information content (AvgIpc) is 2.47. The number of carbonyl (C=O) groups is 1. The lowest BCUT2D eigenvalue weighted by atomic mass is 10.2. The first-order valence-corrected chi connectivity index (χ1v) is 6.28. The summed E-state index contributed by atoms with van der Waals surface area (Å²) in [5.74, 6) is -0.392. The number of nitrogens with one attached hydrogen (secondary N) is 1. The summed E-state index contributed by atoms with van der Waals surface area (Å²) in [7, 11) is 0. The summed E-state index contributed by atoms with van der Waals surface area (Å²) in [4.78, 5) is 14.6. The van der Waals surface area contributed by atoms with Crippen LogP contribution in [0, 0.1) is 0 Å². The second-order valence-electron chi connectivity index (χ2n) is 4.25. The van der Waals surface area contributed by atoms with Gasteiger partial charge in [-0.15, -0.1) is 0 Å². The summed E-state index contributed by atoms with van der Waals surface area (Å²) >= 11 is 0. The number of carboxylic acid groups (broad SMARTS) is 1.